The Morgan fingerprint density at radius 1 is 0.697 bits per heavy atom. The molecule has 0 aliphatic heterocycles. The highest BCUT2D eigenvalue weighted by Crippen LogP contribution is 2.12. The van der Waals surface area contributed by atoms with Crippen molar-refractivity contribution in [2.75, 3.05) is 55.5 Å². The normalized spacial score (nSPS) is 10.7. The first-order chi connectivity index (χ1) is 16.2. The number of nitrogens with two attached hydrogens (primary N) is 1. The van der Waals surface area contributed by atoms with E-state index >= 15 is 0 Å². The molecule has 0 aliphatic carbocycles. The maximum Gasteiger partial charge on any atom is 0.229 e. The van der Waals surface area contributed by atoms with Gasteiger partial charge < -0.3 is 31.2 Å². The molecule has 0 saturated heterocycles. The first-order valence-corrected chi connectivity index (χ1v) is 10.8. The number of hydrogen-bond donors (Lipinski definition) is 4. The summed E-state index contributed by atoms with van der Waals surface area (Å²) >= 11 is 0. The van der Waals surface area contributed by atoms with Gasteiger partial charge in [0.15, 0.2) is 0 Å². The number of aromatic nitrogens is 3. The van der Waals surface area contributed by atoms with Crippen molar-refractivity contribution in [2.45, 2.75) is 13.1 Å². The molecule has 10 heteroatoms. The molecule has 1 heterocycles. The van der Waals surface area contributed by atoms with Crippen LogP contribution in [0.4, 0.5) is 22.2 Å². The highest BCUT2D eigenvalue weighted by Gasteiger charge is 2.07. The fourth-order valence-corrected chi connectivity index (χ4v) is 2.86. The lowest BCUT2D eigenvalue weighted by Gasteiger charge is -2.12. The Labute approximate surface area is 193 Å². The predicted molar refractivity (Wildman–Crippen MR) is 127 cm³/mol. The molecule has 2 aromatic carbocycles. The van der Waals surface area contributed by atoms with Gasteiger partial charge in [0.1, 0.15) is 5.82 Å². The molecule has 0 radical (unpaired) electrons. The Hall–Kier alpha value is -3.34. The monoisotopic (exact) mass is 455 g/mol. The lowest BCUT2D eigenvalue weighted by molar-refractivity contribution is 0.0547. The summed E-state index contributed by atoms with van der Waals surface area (Å²) in [6, 6.07) is 16.3. The number of ether oxygens (including phenoxy) is 2. The SMILES string of the molecule is NCCOCCOCCNc1nc(NCc2ccccc2)nc(NCc2cccc(F)c2)n1. The van der Waals surface area contributed by atoms with Crippen molar-refractivity contribution in [2.24, 2.45) is 5.73 Å². The minimum atomic E-state index is -0.286. The summed E-state index contributed by atoms with van der Waals surface area (Å²) in [4.78, 5) is 13.3. The molecular weight excluding hydrogens is 425 g/mol. The minimum absolute atomic E-state index is 0.286. The molecule has 0 unspecified atom stereocenters. The Morgan fingerprint density at radius 3 is 1.97 bits per heavy atom. The van der Waals surface area contributed by atoms with Crippen molar-refractivity contribution in [3.63, 3.8) is 0 Å². The second kappa shape index (κ2) is 13.9. The molecule has 9 nitrogen and oxygen atoms in total. The molecule has 0 spiro atoms. The predicted octanol–water partition coefficient (Wildman–Crippen LogP) is 2.64. The third-order valence-corrected chi connectivity index (χ3v) is 4.43. The topological polar surface area (TPSA) is 119 Å². The van der Waals surface area contributed by atoms with Crippen LogP contribution in [-0.4, -0.2) is 54.5 Å². The molecule has 0 fully saturated rings. The summed E-state index contributed by atoms with van der Waals surface area (Å²) in [6.07, 6.45) is 0. The molecule has 0 amide bonds. The van der Waals surface area contributed by atoms with Crippen LogP contribution < -0.4 is 21.7 Å². The van der Waals surface area contributed by atoms with Gasteiger partial charge in [0.2, 0.25) is 17.8 Å². The number of halogens is 1. The lowest BCUT2D eigenvalue weighted by atomic mass is 10.2. The van der Waals surface area contributed by atoms with E-state index in [1.165, 1.54) is 12.1 Å². The zero-order valence-corrected chi connectivity index (χ0v) is 18.5. The molecule has 3 aromatic rings. The van der Waals surface area contributed by atoms with Gasteiger partial charge in [-0.25, -0.2) is 4.39 Å². The third kappa shape index (κ3) is 9.36. The number of nitrogens with zero attached hydrogens (tertiary/aromatic N) is 3. The summed E-state index contributed by atoms with van der Waals surface area (Å²) in [7, 11) is 0. The molecule has 3 rings (SSSR count). The second-order valence-corrected chi connectivity index (χ2v) is 7.07. The summed E-state index contributed by atoms with van der Waals surface area (Å²) in [5.41, 5.74) is 7.26. The maximum atomic E-state index is 13.5. The van der Waals surface area contributed by atoms with Gasteiger partial charge in [-0.15, -0.1) is 0 Å². The third-order valence-electron chi connectivity index (χ3n) is 4.43. The Kier molecular flexibility index (Phi) is 10.3. The first-order valence-electron chi connectivity index (χ1n) is 10.8. The summed E-state index contributed by atoms with van der Waals surface area (Å²) in [5.74, 6) is 0.925. The Bertz CT molecular complexity index is 963. The van der Waals surface area contributed by atoms with Gasteiger partial charge in [0.05, 0.1) is 26.4 Å². The lowest BCUT2D eigenvalue weighted by Crippen LogP contribution is -2.17. The summed E-state index contributed by atoms with van der Waals surface area (Å²) in [6.45, 7) is 3.95. The zero-order chi connectivity index (χ0) is 23.1. The molecule has 33 heavy (non-hydrogen) atoms. The quantitative estimate of drug-likeness (QED) is 0.256. The van der Waals surface area contributed by atoms with E-state index < -0.39 is 0 Å². The van der Waals surface area contributed by atoms with Gasteiger partial charge >= 0.3 is 0 Å². The number of hydrogen-bond acceptors (Lipinski definition) is 9. The van der Waals surface area contributed by atoms with Gasteiger partial charge in [-0.3, -0.25) is 0 Å². The minimum Gasteiger partial charge on any atom is -0.378 e. The van der Waals surface area contributed by atoms with Crippen LogP contribution in [0.2, 0.25) is 0 Å². The van der Waals surface area contributed by atoms with Crippen LogP contribution in [0.3, 0.4) is 0 Å². The zero-order valence-electron chi connectivity index (χ0n) is 18.5. The highest BCUT2D eigenvalue weighted by molar-refractivity contribution is 5.43. The van der Waals surface area contributed by atoms with Gasteiger partial charge in [0, 0.05) is 26.2 Å². The van der Waals surface area contributed by atoms with E-state index in [9.17, 15) is 4.39 Å². The van der Waals surface area contributed by atoms with Crippen LogP contribution in [0, 0.1) is 5.82 Å². The van der Waals surface area contributed by atoms with Crippen molar-refractivity contribution in [3.05, 3.63) is 71.5 Å². The van der Waals surface area contributed by atoms with E-state index in [-0.39, 0.29) is 5.82 Å². The van der Waals surface area contributed by atoms with Crippen molar-refractivity contribution in [1.29, 1.82) is 0 Å². The van der Waals surface area contributed by atoms with E-state index in [0.29, 0.717) is 70.5 Å². The van der Waals surface area contributed by atoms with E-state index in [4.69, 9.17) is 15.2 Å². The van der Waals surface area contributed by atoms with Crippen molar-refractivity contribution in [3.8, 4) is 0 Å². The van der Waals surface area contributed by atoms with E-state index in [2.05, 4.69) is 30.9 Å². The number of anilines is 3. The number of nitrogens with one attached hydrogen (secondary N) is 3. The second-order valence-electron chi connectivity index (χ2n) is 7.07. The molecule has 176 valence electrons. The van der Waals surface area contributed by atoms with Gasteiger partial charge in [-0.1, -0.05) is 42.5 Å². The Balaban J connectivity index is 1.57. The van der Waals surface area contributed by atoms with Gasteiger partial charge in [0.25, 0.3) is 0 Å². The highest BCUT2D eigenvalue weighted by atomic mass is 19.1. The van der Waals surface area contributed by atoms with E-state index in [1.54, 1.807) is 6.07 Å². The van der Waals surface area contributed by atoms with Crippen molar-refractivity contribution < 1.29 is 13.9 Å². The molecular formula is C23H30FN7O2. The average molecular weight is 456 g/mol. The smallest absolute Gasteiger partial charge is 0.229 e. The molecule has 0 aliphatic rings. The van der Waals surface area contributed by atoms with Crippen LogP contribution in [0.1, 0.15) is 11.1 Å². The number of benzene rings is 2. The van der Waals surface area contributed by atoms with E-state index in [1.807, 2.05) is 36.4 Å². The van der Waals surface area contributed by atoms with Crippen LogP contribution in [0.25, 0.3) is 0 Å². The van der Waals surface area contributed by atoms with Crippen LogP contribution >= 0.6 is 0 Å². The van der Waals surface area contributed by atoms with Crippen LogP contribution in [0.15, 0.2) is 54.6 Å². The fourth-order valence-electron chi connectivity index (χ4n) is 2.86. The Morgan fingerprint density at radius 2 is 1.30 bits per heavy atom. The summed E-state index contributed by atoms with van der Waals surface area (Å²) < 4.78 is 24.2. The standard InChI is InChI=1S/C23H30FN7O2/c24-20-8-4-7-19(15-20)17-28-23-30-21(26-10-12-33-14-13-32-11-9-25)29-22(31-23)27-16-18-5-2-1-3-6-18/h1-8,15H,9-14,16-17,25H2,(H3,26,27,28,29,30,31). The molecule has 0 saturated carbocycles. The van der Waals surface area contributed by atoms with E-state index in [0.717, 1.165) is 11.1 Å². The van der Waals surface area contributed by atoms with Crippen molar-refractivity contribution in [1.82, 2.24) is 15.0 Å². The number of rotatable bonds is 15. The molecule has 1 aromatic heterocycles. The largest absolute Gasteiger partial charge is 0.378 e. The molecule has 0 bridgehead atoms. The molecule has 5 N–H and O–H groups in total. The van der Waals surface area contributed by atoms with Crippen LogP contribution in [0.5, 0.6) is 0 Å². The van der Waals surface area contributed by atoms with Gasteiger partial charge in [-0.2, -0.15) is 15.0 Å². The fraction of sp³-hybridized carbons (Fsp3) is 0.348. The first kappa shape index (κ1) is 24.3. The molecule has 0 atom stereocenters. The van der Waals surface area contributed by atoms with Crippen LogP contribution in [-0.2, 0) is 22.6 Å². The van der Waals surface area contributed by atoms with Crippen molar-refractivity contribution >= 4 is 17.8 Å². The van der Waals surface area contributed by atoms with Gasteiger partial charge in [-0.05, 0) is 23.3 Å². The maximum absolute atomic E-state index is 13.5. The average Bonchev–Trinajstić information content (AvgIpc) is 2.84. The summed E-state index contributed by atoms with van der Waals surface area (Å²) in [5, 5.41) is 9.49.